The number of amides is 2. The summed E-state index contributed by atoms with van der Waals surface area (Å²) in [6, 6.07) is 8.98. The molecule has 1 aromatic carbocycles. The second kappa shape index (κ2) is 7.11. The number of nitrogens with one attached hydrogen (secondary N) is 2. The Labute approximate surface area is 135 Å². The zero-order chi connectivity index (χ0) is 17.0. The Morgan fingerprint density at radius 3 is 2.52 bits per heavy atom. The minimum Gasteiger partial charge on any atom is -0.385 e. The highest BCUT2D eigenvalue weighted by Gasteiger charge is 2.17. The van der Waals surface area contributed by atoms with Crippen molar-refractivity contribution >= 4 is 17.5 Å². The molecular weight excluding hydrogens is 294 g/mol. The largest absolute Gasteiger partial charge is 0.385 e. The highest BCUT2D eigenvalue weighted by atomic mass is 16.3. The topological polar surface area (TPSA) is 83.4 Å². The predicted molar refractivity (Wildman–Crippen MR) is 87.9 cm³/mol. The van der Waals surface area contributed by atoms with Gasteiger partial charge < -0.3 is 20.3 Å². The van der Waals surface area contributed by atoms with Crippen LogP contribution in [-0.2, 0) is 16.6 Å². The standard InChI is InChI=1S/C17H21N3O3/c1-11-6-7-13(9-12(11)2)19-17(23)16(22)18-10-15(21)14-5-4-8-20(14)3/h4-9,15,21H,10H2,1-3H3,(H,18,22)(H,19,23). The van der Waals surface area contributed by atoms with Crippen LogP contribution in [0.25, 0.3) is 0 Å². The third-order valence-corrected chi connectivity index (χ3v) is 3.75. The van der Waals surface area contributed by atoms with Crippen molar-refractivity contribution < 1.29 is 14.7 Å². The molecule has 0 saturated carbocycles. The first-order valence-corrected chi connectivity index (χ1v) is 7.34. The second-order valence-corrected chi connectivity index (χ2v) is 5.52. The first-order chi connectivity index (χ1) is 10.9. The Hall–Kier alpha value is -2.60. The van der Waals surface area contributed by atoms with Gasteiger partial charge in [-0.1, -0.05) is 6.07 Å². The van der Waals surface area contributed by atoms with Gasteiger partial charge in [0, 0.05) is 31.2 Å². The van der Waals surface area contributed by atoms with Crippen LogP contribution in [0.3, 0.4) is 0 Å². The van der Waals surface area contributed by atoms with Gasteiger partial charge in [-0.05, 0) is 49.2 Å². The van der Waals surface area contributed by atoms with Crippen LogP contribution in [0.4, 0.5) is 5.69 Å². The number of carbonyl (C=O) groups excluding carboxylic acids is 2. The molecule has 1 aromatic heterocycles. The molecule has 6 nitrogen and oxygen atoms in total. The third-order valence-electron chi connectivity index (χ3n) is 3.75. The van der Waals surface area contributed by atoms with Gasteiger partial charge in [-0.25, -0.2) is 0 Å². The number of anilines is 1. The number of aryl methyl sites for hydroxylation is 3. The SMILES string of the molecule is Cc1ccc(NC(=O)C(=O)NCC(O)c2cccn2C)cc1C. The summed E-state index contributed by atoms with van der Waals surface area (Å²) < 4.78 is 1.76. The van der Waals surface area contributed by atoms with Crippen LogP contribution in [0.1, 0.15) is 22.9 Å². The first-order valence-electron chi connectivity index (χ1n) is 7.34. The normalized spacial score (nSPS) is 11.8. The van der Waals surface area contributed by atoms with Gasteiger partial charge in [-0.15, -0.1) is 0 Å². The van der Waals surface area contributed by atoms with Gasteiger partial charge in [0.1, 0.15) is 6.10 Å². The minimum absolute atomic E-state index is 0.0307. The monoisotopic (exact) mass is 315 g/mol. The van der Waals surface area contributed by atoms with E-state index < -0.39 is 17.9 Å². The second-order valence-electron chi connectivity index (χ2n) is 5.52. The number of aliphatic hydroxyl groups is 1. The maximum Gasteiger partial charge on any atom is 0.313 e. The molecule has 2 rings (SSSR count). The molecule has 122 valence electrons. The molecule has 6 heteroatoms. The molecule has 2 aromatic rings. The molecule has 0 spiro atoms. The van der Waals surface area contributed by atoms with Gasteiger partial charge in [0.2, 0.25) is 0 Å². The lowest BCUT2D eigenvalue weighted by Gasteiger charge is -2.13. The third kappa shape index (κ3) is 4.20. The van der Waals surface area contributed by atoms with Crippen molar-refractivity contribution in [1.82, 2.24) is 9.88 Å². The highest BCUT2D eigenvalue weighted by molar-refractivity contribution is 6.39. The van der Waals surface area contributed by atoms with Crippen molar-refractivity contribution in [3.05, 3.63) is 53.3 Å². The number of aromatic nitrogens is 1. The molecule has 3 N–H and O–H groups in total. The van der Waals surface area contributed by atoms with Crippen molar-refractivity contribution in [2.24, 2.45) is 7.05 Å². The van der Waals surface area contributed by atoms with Gasteiger partial charge in [0.25, 0.3) is 0 Å². The van der Waals surface area contributed by atoms with E-state index in [0.29, 0.717) is 11.4 Å². The van der Waals surface area contributed by atoms with E-state index in [0.717, 1.165) is 11.1 Å². The summed E-state index contributed by atoms with van der Waals surface area (Å²) in [6.07, 6.45) is 0.931. The van der Waals surface area contributed by atoms with E-state index >= 15 is 0 Å². The van der Waals surface area contributed by atoms with Crippen molar-refractivity contribution in [2.45, 2.75) is 20.0 Å². The van der Waals surface area contributed by atoms with Crippen molar-refractivity contribution in [2.75, 3.05) is 11.9 Å². The Kier molecular flexibility index (Phi) is 5.18. The molecule has 23 heavy (non-hydrogen) atoms. The van der Waals surface area contributed by atoms with E-state index in [-0.39, 0.29) is 6.54 Å². The smallest absolute Gasteiger partial charge is 0.313 e. The number of hydrogen-bond donors (Lipinski definition) is 3. The van der Waals surface area contributed by atoms with Crippen molar-refractivity contribution in [3.8, 4) is 0 Å². The van der Waals surface area contributed by atoms with Gasteiger partial charge in [-0.2, -0.15) is 0 Å². The van der Waals surface area contributed by atoms with E-state index in [1.165, 1.54) is 0 Å². The van der Waals surface area contributed by atoms with Gasteiger partial charge in [0.05, 0.1) is 0 Å². The van der Waals surface area contributed by atoms with Gasteiger partial charge in [-0.3, -0.25) is 9.59 Å². The molecule has 0 aliphatic heterocycles. The van der Waals surface area contributed by atoms with Crippen LogP contribution in [0.15, 0.2) is 36.5 Å². The number of benzene rings is 1. The van der Waals surface area contributed by atoms with E-state index in [4.69, 9.17) is 0 Å². The summed E-state index contributed by atoms with van der Waals surface area (Å²) in [5, 5.41) is 15.0. The summed E-state index contributed by atoms with van der Waals surface area (Å²) in [5.41, 5.74) is 3.37. The Balaban J connectivity index is 1.89. The van der Waals surface area contributed by atoms with Crippen LogP contribution in [0, 0.1) is 13.8 Å². The fraction of sp³-hybridized carbons (Fsp3) is 0.294. The number of aliphatic hydroxyl groups excluding tert-OH is 1. The summed E-state index contributed by atoms with van der Waals surface area (Å²) in [6.45, 7) is 3.87. The first kappa shape index (κ1) is 16.8. The Morgan fingerprint density at radius 2 is 1.91 bits per heavy atom. The van der Waals surface area contributed by atoms with Gasteiger partial charge in [0.15, 0.2) is 0 Å². The Bertz CT molecular complexity index is 722. The number of carbonyl (C=O) groups is 2. The predicted octanol–water partition coefficient (Wildman–Crippen LogP) is 1.43. The zero-order valence-electron chi connectivity index (χ0n) is 13.5. The average Bonchev–Trinajstić information content (AvgIpc) is 2.94. The molecule has 1 atom stereocenters. The average molecular weight is 315 g/mol. The summed E-state index contributed by atoms with van der Waals surface area (Å²) in [4.78, 5) is 23.7. The van der Waals surface area contributed by atoms with Crippen LogP contribution >= 0.6 is 0 Å². The lowest BCUT2D eigenvalue weighted by atomic mass is 10.1. The maximum atomic E-state index is 11.9. The van der Waals surface area contributed by atoms with Gasteiger partial charge >= 0.3 is 11.8 Å². The molecule has 2 amide bonds. The fourth-order valence-corrected chi connectivity index (χ4v) is 2.20. The molecule has 0 fully saturated rings. The lowest BCUT2D eigenvalue weighted by molar-refractivity contribution is -0.136. The van der Waals surface area contributed by atoms with E-state index in [9.17, 15) is 14.7 Å². The van der Waals surface area contributed by atoms with E-state index in [1.54, 1.807) is 42.1 Å². The lowest BCUT2D eigenvalue weighted by Crippen LogP contribution is -2.37. The molecule has 0 bridgehead atoms. The van der Waals surface area contributed by atoms with Crippen LogP contribution < -0.4 is 10.6 Å². The number of rotatable bonds is 4. The van der Waals surface area contributed by atoms with E-state index in [1.807, 2.05) is 19.9 Å². The van der Waals surface area contributed by atoms with E-state index in [2.05, 4.69) is 10.6 Å². The van der Waals surface area contributed by atoms with Crippen LogP contribution in [0.5, 0.6) is 0 Å². The zero-order valence-corrected chi connectivity index (χ0v) is 13.5. The molecule has 0 aliphatic carbocycles. The number of nitrogens with zero attached hydrogens (tertiary/aromatic N) is 1. The molecule has 0 radical (unpaired) electrons. The van der Waals surface area contributed by atoms with Crippen LogP contribution in [-0.4, -0.2) is 28.0 Å². The minimum atomic E-state index is -0.867. The molecule has 0 aliphatic rings. The van der Waals surface area contributed by atoms with Crippen molar-refractivity contribution in [3.63, 3.8) is 0 Å². The Morgan fingerprint density at radius 1 is 1.17 bits per heavy atom. The highest BCUT2D eigenvalue weighted by Crippen LogP contribution is 2.14. The quantitative estimate of drug-likeness (QED) is 0.746. The molecule has 1 heterocycles. The van der Waals surface area contributed by atoms with Crippen molar-refractivity contribution in [1.29, 1.82) is 0 Å². The molecule has 1 unspecified atom stereocenters. The molecular formula is C17H21N3O3. The molecule has 0 saturated heterocycles. The summed E-state index contributed by atoms with van der Waals surface area (Å²) in [5.74, 6) is -1.54. The fourth-order valence-electron chi connectivity index (χ4n) is 2.20. The van der Waals surface area contributed by atoms with Crippen LogP contribution in [0.2, 0.25) is 0 Å². The maximum absolute atomic E-state index is 11.9. The number of hydrogen-bond acceptors (Lipinski definition) is 3. The summed E-state index contributed by atoms with van der Waals surface area (Å²) >= 11 is 0. The summed E-state index contributed by atoms with van der Waals surface area (Å²) in [7, 11) is 1.80.